The molecule has 3 aromatic heterocycles. The Morgan fingerprint density at radius 1 is 1.22 bits per heavy atom. The van der Waals surface area contributed by atoms with Crippen molar-refractivity contribution in [2.75, 3.05) is 0 Å². The highest BCUT2D eigenvalue weighted by molar-refractivity contribution is 5.87. The zero-order valence-electron chi connectivity index (χ0n) is 16.0. The number of carbonyl (C=O) groups is 1. The predicted molar refractivity (Wildman–Crippen MR) is 97.3 cm³/mol. The minimum absolute atomic E-state index is 0.0554. The molecule has 8 heteroatoms. The van der Waals surface area contributed by atoms with Crippen LogP contribution in [0.15, 0.2) is 27.3 Å². The van der Waals surface area contributed by atoms with Gasteiger partial charge in [0.05, 0.1) is 0 Å². The third-order valence-electron chi connectivity index (χ3n) is 4.05. The Morgan fingerprint density at radius 2 is 2.00 bits per heavy atom. The standard InChI is InChI=1S/C19H22N4O4/c1-11(2)19-20-17(27-22-19)10-25-18(24)7-6-15-8-12(3)23(14(15)5)16-9-13(4)26-21-16/h6-9,11H,10H2,1-5H3/b7-6+. The van der Waals surface area contributed by atoms with E-state index in [9.17, 15) is 4.79 Å². The Bertz CT molecular complexity index is 978. The number of hydrogen-bond donors (Lipinski definition) is 0. The van der Waals surface area contributed by atoms with Gasteiger partial charge in [0.15, 0.2) is 18.2 Å². The average Bonchev–Trinajstić information content (AvgIpc) is 3.31. The van der Waals surface area contributed by atoms with Crippen molar-refractivity contribution in [1.29, 1.82) is 0 Å². The summed E-state index contributed by atoms with van der Waals surface area (Å²) in [6, 6.07) is 3.83. The number of hydrogen-bond acceptors (Lipinski definition) is 7. The average molecular weight is 370 g/mol. The molecule has 3 rings (SSSR count). The highest BCUT2D eigenvalue weighted by Gasteiger charge is 2.13. The molecule has 142 valence electrons. The summed E-state index contributed by atoms with van der Waals surface area (Å²) in [6.45, 7) is 9.62. The van der Waals surface area contributed by atoms with E-state index >= 15 is 0 Å². The number of rotatable bonds is 6. The molecule has 0 N–H and O–H groups in total. The molecule has 3 aromatic rings. The molecule has 0 aliphatic rings. The van der Waals surface area contributed by atoms with Crippen molar-refractivity contribution < 1.29 is 18.6 Å². The van der Waals surface area contributed by atoms with Gasteiger partial charge in [0, 0.05) is 29.4 Å². The summed E-state index contributed by atoms with van der Waals surface area (Å²) < 4.78 is 17.3. The molecule has 0 saturated heterocycles. The number of nitrogens with zero attached hydrogens (tertiary/aromatic N) is 4. The maximum absolute atomic E-state index is 12.0. The van der Waals surface area contributed by atoms with Crippen LogP contribution >= 0.6 is 0 Å². The van der Waals surface area contributed by atoms with E-state index in [0.29, 0.717) is 11.6 Å². The van der Waals surface area contributed by atoms with Gasteiger partial charge in [0.1, 0.15) is 5.76 Å². The van der Waals surface area contributed by atoms with E-state index < -0.39 is 5.97 Å². The van der Waals surface area contributed by atoms with E-state index in [1.807, 2.05) is 51.3 Å². The molecule has 3 heterocycles. The van der Waals surface area contributed by atoms with Gasteiger partial charge in [0.25, 0.3) is 5.89 Å². The third kappa shape index (κ3) is 4.16. The van der Waals surface area contributed by atoms with Crippen LogP contribution in [0.4, 0.5) is 0 Å². The molecule has 0 atom stereocenters. The number of aromatic nitrogens is 4. The minimum atomic E-state index is -0.485. The summed E-state index contributed by atoms with van der Waals surface area (Å²) in [4.78, 5) is 16.1. The van der Waals surface area contributed by atoms with Gasteiger partial charge in [-0.1, -0.05) is 24.2 Å². The highest BCUT2D eigenvalue weighted by atomic mass is 16.6. The normalized spacial score (nSPS) is 11.6. The lowest BCUT2D eigenvalue weighted by atomic mass is 10.2. The lowest BCUT2D eigenvalue weighted by Gasteiger charge is -2.03. The van der Waals surface area contributed by atoms with Crippen LogP contribution in [0.1, 0.15) is 54.2 Å². The van der Waals surface area contributed by atoms with E-state index in [-0.39, 0.29) is 18.4 Å². The molecule has 0 spiro atoms. The SMILES string of the molecule is Cc1cc(-n2c(C)cc(/C=C/C(=O)OCc3nc(C(C)C)no3)c2C)no1. The van der Waals surface area contributed by atoms with Crippen LogP contribution < -0.4 is 0 Å². The second-order valence-corrected chi connectivity index (χ2v) is 6.60. The quantitative estimate of drug-likeness (QED) is 0.482. The summed E-state index contributed by atoms with van der Waals surface area (Å²) in [6.07, 6.45) is 3.08. The van der Waals surface area contributed by atoms with E-state index in [0.717, 1.165) is 22.7 Å². The molecule has 0 bridgehead atoms. The number of ether oxygens (including phenoxy) is 1. The Labute approximate surface area is 156 Å². The number of carbonyl (C=O) groups excluding carboxylic acids is 1. The Hall–Kier alpha value is -3.16. The lowest BCUT2D eigenvalue weighted by molar-refractivity contribution is -0.139. The fraction of sp³-hybridized carbons (Fsp3) is 0.368. The summed E-state index contributed by atoms with van der Waals surface area (Å²) in [5.74, 6) is 1.98. The van der Waals surface area contributed by atoms with Crippen molar-refractivity contribution in [2.45, 2.75) is 47.1 Å². The number of esters is 1. The molecule has 0 aromatic carbocycles. The highest BCUT2D eigenvalue weighted by Crippen LogP contribution is 2.21. The van der Waals surface area contributed by atoms with Gasteiger partial charge in [0.2, 0.25) is 0 Å². The minimum Gasteiger partial charge on any atom is -0.452 e. The smallest absolute Gasteiger partial charge is 0.331 e. The molecule has 0 unspecified atom stereocenters. The first-order valence-electron chi connectivity index (χ1n) is 8.65. The van der Waals surface area contributed by atoms with Crippen LogP contribution in [0.2, 0.25) is 0 Å². The maximum atomic E-state index is 12.0. The molecule has 27 heavy (non-hydrogen) atoms. The fourth-order valence-corrected chi connectivity index (χ4v) is 2.67. The second kappa shape index (κ2) is 7.61. The predicted octanol–water partition coefficient (Wildman–Crippen LogP) is 3.65. The van der Waals surface area contributed by atoms with Crippen LogP contribution in [-0.2, 0) is 16.1 Å². The molecule has 0 amide bonds. The van der Waals surface area contributed by atoms with Crippen molar-refractivity contribution in [1.82, 2.24) is 19.9 Å². The van der Waals surface area contributed by atoms with Crippen molar-refractivity contribution >= 4 is 12.0 Å². The molecule has 0 radical (unpaired) electrons. The largest absolute Gasteiger partial charge is 0.452 e. The topological polar surface area (TPSA) is 96.2 Å². The Kier molecular flexibility index (Phi) is 5.25. The van der Waals surface area contributed by atoms with Crippen LogP contribution in [0.3, 0.4) is 0 Å². The van der Waals surface area contributed by atoms with Crippen LogP contribution in [0.5, 0.6) is 0 Å². The van der Waals surface area contributed by atoms with Crippen molar-refractivity contribution in [2.24, 2.45) is 0 Å². The summed E-state index contributed by atoms with van der Waals surface area (Å²) in [5.41, 5.74) is 2.83. The van der Waals surface area contributed by atoms with Gasteiger partial charge >= 0.3 is 5.97 Å². The zero-order chi connectivity index (χ0) is 19.6. The molecular weight excluding hydrogens is 348 g/mol. The zero-order valence-corrected chi connectivity index (χ0v) is 16.0. The van der Waals surface area contributed by atoms with Gasteiger partial charge in [-0.2, -0.15) is 4.98 Å². The molecule has 8 nitrogen and oxygen atoms in total. The second-order valence-electron chi connectivity index (χ2n) is 6.60. The van der Waals surface area contributed by atoms with E-state index in [1.165, 1.54) is 6.08 Å². The monoisotopic (exact) mass is 370 g/mol. The third-order valence-corrected chi connectivity index (χ3v) is 4.05. The van der Waals surface area contributed by atoms with Gasteiger partial charge in [-0.25, -0.2) is 4.79 Å². The van der Waals surface area contributed by atoms with Crippen molar-refractivity contribution in [3.63, 3.8) is 0 Å². The van der Waals surface area contributed by atoms with Gasteiger partial charge < -0.3 is 13.8 Å². The Balaban J connectivity index is 1.66. The van der Waals surface area contributed by atoms with E-state index in [2.05, 4.69) is 15.3 Å². The van der Waals surface area contributed by atoms with Crippen LogP contribution in [0, 0.1) is 20.8 Å². The first-order valence-corrected chi connectivity index (χ1v) is 8.65. The van der Waals surface area contributed by atoms with Gasteiger partial charge in [-0.15, -0.1) is 0 Å². The van der Waals surface area contributed by atoms with E-state index in [1.54, 1.807) is 6.08 Å². The van der Waals surface area contributed by atoms with Crippen molar-refractivity contribution in [3.05, 3.63) is 52.6 Å². The summed E-state index contributed by atoms with van der Waals surface area (Å²) >= 11 is 0. The number of aryl methyl sites for hydroxylation is 2. The summed E-state index contributed by atoms with van der Waals surface area (Å²) in [5, 5.41) is 7.87. The van der Waals surface area contributed by atoms with Gasteiger partial charge in [-0.3, -0.25) is 4.57 Å². The molecular formula is C19H22N4O4. The van der Waals surface area contributed by atoms with Crippen molar-refractivity contribution in [3.8, 4) is 5.82 Å². The molecule has 0 saturated carbocycles. The first-order chi connectivity index (χ1) is 12.8. The first kappa shape index (κ1) is 18.6. The fourth-order valence-electron chi connectivity index (χ4n) is 2.67. The molecule has 0 aliphatic heterocycles. The van der Waals surface area contributed by atoms with E-state index in [4.69, 9.17) is 13.8 Å². The summed E-state index contributed by atoms with van der Waals surface area (Å²) in [7, 11) is 0. The maximum Gasteiger partial charge on any atom is 0.331 e. The van der Waals surface area contributed by atoms with Gasteiger partial charge in [-0.05, 0) is 38.5 Å². The lowest BCUT2D eigenvalue weighted by Crippen LogP contribution is -2.01. The Morgan fingerprint density at radius 3 is 2.63 bits per heavy atom. The van der Waals surface area contributed by atoms with Crippen LogP contribution in [-0.4, -0.2) is 25.8 Å². The van der Waals surface area contributed by atoms with Crippen LogP contribution in [0.25, 0.3) is 11.9 Å². The molecule has 0 aliphatic carbocycles. The molecule has 0 fully saturated rings.